The first-order valence-electron chi connectivity index (χ1n) is 8.58. The second-order valence-electron chi connectivity index (χ2n) is 6.10. The van der Waals surface area contributed by atoms with Crippen LogP contribution < -0.4 is 20.1 Å². The van der Waals surface area contributed by atoms with E-state index in [1.165, 1.54) is 11.8 Å². The number of aliphatic imine (C=N–C) groups is 1. The lowest BCUT2D eigenvalue weighted by atomic mass is 10.2. The Morgan fingerprint density at radius 3 is 2.71 bits per heavy atom. The number of halogens is 1. The Hall–Kier alpha value is -2.52. The number of hydrogen-bond donors (Lipinski definition) is 2. The number of ether oxygens (including phenoxy) is 2. The number of carbonyl (C=O) groups excluding carboxylic acids is 2. The van der Waals surface area contributed by atoms with Gasteiger partial charge in [0.1, 0.15) is 18.5 Å². The summed E-state index contributed by atoms with van der Waals surface area (Å²) in [7, 11) is 0. The van der Waals surface area contributed by atoms with Crippen LogP contribution in [0.2, 0.25) is 0 Å². The largest absolute Gasteiger partial charge is 0.486 e. The molecule has 7 nitrogen and oxygen atoms in total. The molecule has 2 N–H and O–H groups in total. The van der Waals surface area contributed by atoms with E-state index in [2.05, 4.69) is 31.6 Å². The van der Waals surface area contributed by atoms with Gasteiger partial charge in [0.25, 0.3) is 0 Å². The van der Waals surface area contributed by atoms with Crippen molar-refractivity contribution in [2.24, 2.45) is 4.99 Å². The Balaban J connectivity index is 1.38. The van der Waals surface area contributed by atoms with Crippen molar-refractivity contribution in [3.63, 3.8) is 0 Å². The minimum Gasteiger partial charge on any atom is -0.486 e. The lowest BCUT2D eigenvalue weighted by Crippen LogP contribution is -2.28. The summed E-state index contributed by atoms with van der Waals surface area (Å²) in [5.41, 5.74) is 1.33. The van der Waals surface area contributed by atoms with E-state index in [0.29, 0.717) is 41.3 Å². The van der Waals surface area contributed by atoms with Crippen molar-refractivity contribution in [2.75, 3.05) is 18.5 Å². The van der Waals surface area contributed by atoms with E-state index in [9.17, 15) is 9.59 Å². The fourth-order valence-corrected chi connectivity index (χ4v) is 3.98. The second-order valence-corrected chi connectivity index (χ2v) is 8.21. The average molecular weight is 462 g/mol. The Labute approximate surface area is 174 Å². The molecule has 4 rings (SSSR count). The number of nitrogens with one attached hydrogen (secondary N) is 2. The van der Waals surface area contributed by atoms with Crippen LogP contribution in [0.3, 0.4) is 0 Å². The van der Waals surface area contributed by atoms with Gasteiger partial charge in [-0.05, 0) is 36.4 Å². The zero-order valence-corrected chi connectivity index (χ0v) is 17.0. The Morgan fingerprint density at radius 2 is 1.93 bits per heavy atom. The van der Waals surface area contributed by atoms with Crippen LogP contribution in [0.1, 0.15) is 6.42 Å². The van der Waals surface area contributed by atoms with Gasteiger partial charge in [-0.2, -0.15) is 0 Å². The van der Waals surface area contributed by atoms with Gasteiger partial charge in [0.05, 0.1) is 5.69 Å². The first-order valence-corrected chi connectivity index (χ1v) is 10.3. The molecule has 0 radical (unpaired) electrons. The van der Waals surface area contributed by atoms with Gasteiger partial charge in [0.2, 0.25) is 11.8 Å². The van der Waals surface area contributed by atoms with E-state index in [1.807, 2.05) is 12.1 Å². The zero-order valence-electron chi connectivity index (χ0n) is 14.6. The molecule has 0 aliphatic carbocycles. The summed E-state index contributed by atoms with van der Waals surface area (Å²) in [5.74, 6) is 0.858. The summed E-state index contributed by atoms with van der Waals surface area (Å²) in [6.07, 6.45) is 0.0622. The van der Waals surface area contributed by atoms with Crippen LogP contribution in [0.5, 0.6) is 11.5 Å². The van der Waals surface area contributed by atoms with Crippen LogP contribution in [-0.4, -0.2) is 35.4 Å². The highest BCUT2D eigenvalue weighted by Gasteiger charge is 2.32. The molecule has 2 aliphatic rings. The van der Waals surface area contributed by atoms with Gasteiger partial charge in [-0.3, -0.25) is 9.59 Å². The summed E-state index contributed by atoms with van der Waals surface area (Å²) in [6, 6.07) is 12.6. The molecule has 28 heavy (non-hydrogen) atoms. The van der Waals surface area contributed by atoms with E-state index in [-0.39, 0.29) is 18.2 Å². The molecule has 1 fully saturated rings. The first kappa shape index (κ1) is 18.8. The molecule has 144 valence electrons. The number of carbonyl (C=O) groups is 2. The lowest BCUT2D eigenvalue weighted by molar-refractivity contribution is -0.122. The molecule has 2 aromatic carbocycles. The summed E-state index contributed by atoms with van der Waals surface area (Å²) in [5, 5.41) is 5.46. The van der Waals surface area contributed by atoms with E-state index < -0.39 is 5.25 Å². The summed E-state index contributed by atoms with van der Waals surface area (Å²) in [4.78, 5) is 28.9. The van der Waals surface area contributed by atoms with Crippen molar-refractivity contribution >= 4 is 56.0 Å². The van der Waals surface area contributed by atoms with Gasteiger partial charge in [0, 0.05) is 22.6 Å². The molecule has 0 bridgehead atoms. The van der Waals surface area contributed by atoms with Crippen molar-refractivity contribution in [3.05, 3.63) is 46.9 Å². The van der Waals surface area contributed by atoms with E-state index >= 15 is 0 Å². The highest BCUT2D eigenvalue weighted by molar-refractivity contribution is 9.10. The third-order valence-electron chi connectivity index (χ3n) is 4.03. The van der Waals surface area contributed by atoms with Crippen molar-refractivity contribution in [3.8, 4) is 11.5 Å². The minimum atomic E-state index is -0.522. The second kappa shape index (κ2) is 8.24. The molecule has 0 spiro atoms. The number of hydrogen-bond acceptors (Lipinski definition) is 6. The average Bonchev–Trinajstić information content (AvgIpc) is 3.02. The fraction of sp³-hybridized carbons (Fsp3) is 0.211. The molecule has 0 aromatic heterocycles. The maximum absolute atomic E-state index is 12.2. The maximum atomic E-state index is 12.2. The monoisotopic (exact) mass is 461 g/mol. The summed E-state index contributed by atoms with van der Waals surface area (Å²) < 4.78 is 12.0. The standard InChI is InChI=1S/C19H16BrN3O4S/c20-11-1-3-12(4-2-11)21-17(24)10-16-18(25)23-19(28-16)22-13-5-6-14-15(9-13)27-8-7-26-14/h1-6,9,16H,7-8,10H2,(H,21,24)(H,22,23,25). The highest BCUT2D eigenvalue weighted by Crippen LogP contribution is 2.34. The van der Waals surface area contributed by atoms with Gasteiger partial charge in [-0.1, -0.05) is 27.7 Å². The van der Waals surface area contributed by atoms with Crippen LogP contribution >= 0.6 is 27.7 Å². The molecular formula is C19H16BrN3O4S. The van der Waals surface area contributed by atoms with Crippen LogP contribution in [-0.2, 0) is 9.59 Å². The first-order chi connectivity index (χ1) is 13.6. The molecule has 2 aliphatic heterocycles. The summed E-state index contributed by atoms with van der Waals surface area (Å²) >= 11 is 4.59. The molecule has 2 amide bonds. The minimum absolute atomic E-state index is 0.0622. The van der Waals surface area contributed by atoms with Crippen molar-refractivity contribution in [1.82, 2.24) is 5.32 Å². The number of nitrogens with zero attached hydrogens (tertiary/aromatic N) is 1. The van der Waals surface area contributed by atoms with Crippen LogP contribution in [0.25, 0.3) is 0 Å². The molecule has 1 unspecified atom stereocenters. The number of anilines is 1. The quantitative estimate of drug-likeness (QED) is 0.727. The number of thioether (sulfide) groups is 1. The molecular weight excluding hydrogens is 446 g/mol. The SMILES string of the molecule is O=C(CC1SC(=Nc2ccc3c(c2)OCCO3)NC1=O)Nc1ccc(Br)cc1. The van der Waals surface area contributed by atoms with Gasteiger partial charge in [-0.25, -0.2) is 4.99 Å². The number of fused-ring (bicyclic) bond motifs is 1. The van der Waals surface area contributed by atoms with Crippen LogP contribution in [0, 0.1) is 0 Å². The molecule has 1 atom stereocenters. The molecule has 2 heterocycles. The molecule has 1 saturated heterocycles. The Kier molecular flexibility index (Phi) is 5.54. The number of rotatable bonds is 4. The van der Waals surface area contributed by atoms with E-state index in [0.717, 1.165) is 4.47 Å². The normalized spacial score (nSPS) is 19.4. The zero-order chi connectivity index (χ0) is 19.5. The van der Waals surface area contributed by atoms with E-state index in [1.54, 1.807) is 30.3 Å². The Morgan fingerprint density at radius 1 is 1.18 bits per heavy atom. The van der Waals surface area contributed by atoms with Gasteiger partial charge in [-0.15, -0.1) is 0 Å². The lowest BCUT2D eigenvalue weighted by Gasteiger charge is -2.18. The van der Waals surface area contributed by atoms with Crippen molar-refractivity contribution in [1.29, 1.82) is 0 Å². The Bertz CT molecular complexity index is 949. The van der Waals surface area contributed by atoms with Crippen molar-refractivity contribution < 1.29 is 19.1 Å². The fourth-order valence-electron chi connectivity index (χ4n) is 2.72. The summed E-state index contributed by atoms with van der Waals surface area (Å²) in [6.45, 7) is 1.02. The number of amidine groups is 1. The highest BCUT2D eigenvalue weighted by atomic mass is 79.9. The smallest absolute Gasteiger partial charge is 0.240 e. The molecule has 2 aromatic rings. The number of benzene rings is 2. The van der Waals surface area contributed by atoms with Crippen LogP contribution in [0.15, 0.2) is 51.9 Å². The van der Waals surface area contributed by atoms with Gasteiger partial charge >= 0.3 is 0 Å². The van der Waals surface area contributed by atoms with E-state index in [4.69, 9.17) is 9.47 Å². The third-order valence-corrected chi connectivity index (χ3v) is 5.64. The van der Waals surface area contributed by atoms with Gasteiger partial charge < -0.3 is 20.1 Å². The van der Waals surface area contributed by atoms with Crippen LogP contribution in [0.4, 0.5) is 11.4 Å². The van der Waals surface area contributed by atoms with Gasteiger partial charge in [0.15, 0.2) is 16.7 Å². The molecule has 0 saturated carbocycles. The molecule has 9 heteroatoms. The predicted octanol–water partition coefficient (Wildman–Crippen LogP) is 3.47. The number of amides is 2. The predicted molar refractivity (Wildman–Crippen MR) is 111 cm³/mol. The third kappa shape index (κ3) is 4.48. The maximum Gasteiger partial charge on any atom is 0.240 e. The van der Waals surface area contributed by atoms with Crippen molar-refractivity contribution in [2.45, 2.75) is 11.7 Å². The topological polar surface area (TPSA) is 89.0 Å².